The summed E-state index contributed by atoms with van der Waals surface area (Å²) in [6, 6.07) is 16.4. The first kappa shape index (κ1) is 23.9. The Bertz CT molecular complexity index is 1090. The van der Waals surface area contributed by atoms with Crippen molar-refractivity contribution in [2.45, 2.75) is 58.0 Å². The largest absolute Gasteiger partial charge is 0.382 e. The van der Waals surface area contributed by atoms with Crippen molar-refractivity contribution in [1.82, 2.24) is 4.90 Å². The van der Waals surface area contributed by atoms with E-state index in [0.29, 0.717) is 11.6 Å². The van der Waals surface area contributed by atoms with Gasteiger partial charge in [-0.3, -0.25) is 14.5 Å². The summed E-state index contributed by atoms with van der Waals surface area (Å²) in [5.41, 5.74) is 5.11. The molecule has 0 spiro atoms. The van der Waals surface area contributed by atoms with Crippen LogP contribution >= 0.6 is 0 Å². The Morgan fingerprint density at radius 1 is 1.06 bits per heavy atom. The number of nitrogens with one attached hydrogen (secondary N) is 1. The van der Waals surface area contributed by atoms with E-state index < -0.39 is 0 Å². The Labute approximate surface area is 202 Å². The SMILES string of the molecule is CC(=O)/C=C/C(=O)c1ccc(NC2CCC(CCN3CCc4ccc(C#N)cc4C3)CC2)cc1. The summed E-state index contributed by atoms with van der Waals surface area (Å²) >= 11 is 0. The summed E-state index contributed by atoms with van der Waals surface area (Å²) in [5, 5.41) is 12.8. The minimum atomic E-state index is -0.148. The van der Waals surface area contributed by atoms with Gasteiger partial charge >= 0.3 is 0 Å². The maximum Gasteiger partial charge on any atom is 0.185 e. The highest BCUT2D eigenvalue weighted by molar-refractivity contribution is 6.07. The third-order valence-electron chi connectivity index (χ3n) is 7.14. The van der Waals surface area contributed by atoms with Gasteiger partial charge in [0, 0.05) is 30.4 Å². The Balaban J connectivity index is 1.19. The fourth-order valence-electron chi connectivity index (χ4n) is 5.09. The van der Waals surface area contributed by atoms with Gasteiger partial charge < -0.3 is 5.32 Å². The average Bonchev–Trinajstić information content (AvgIpc) is 2.86. The smallest absolute Gasteiger partial charge is 0.185 e. The molecule has 5 nitrogen and oxygen atoms in total. The normalized spacial score (nSPS) is 20.5. The molecule has 1 heterocycles. The number of benzene rings is 2. The molecule has 4 rings (SSSR count). The summed E-state index contributed by atoms with van der Waals surface area (Å²) in [5.74, 6) is 0.501. The molecule has 1 saturated carbocycles. The zero-order valence-corrected chi connectivity index (χ0v) is 19.9. The van der Waals surface area contributed by atoms with Crippen LogP contribution in [0.5, 0.6) is 0 Å². The molecule has 0 amide bonds. The van der Waals surface area contributed by atoms with Crippen molar-refractivity contribution in [3.05, 3.63) is 76.9 Å². The van der Waals surface area contributed by atoms with Gasteiger partial charge in [0.05, 0.1) is 11.6 Å². The lowest BCUT2D eigenvalue weighted by Gasteiger charge is -2.33. The van der Waals surface area contributed by atoms with E-state index in [-0.39, 0.29) is 11.6 Å². The van der Waals surface area contributed by atoms with E-state index in [0.717, 1.165) is 43.2 Å². The Morgan fingerprint density at radius 3 is 2.53 bits per heavy atom. The fourth-order valence-corrected chi connectivity index (χ4v) is 5.09. The highest BCUT2D eigenvalue weighted by Gasteiger charge is 2.23. The van der Waals surface area contributed by atoms with Gasteiger partial charge in [-0.1, -0.05) is 6.07 Å². The second-order valence-electron chi connectivity index (χ2n) is 9.66. The highest BCUT2D eigenvalue weighted by atomic mass is 16.1. The molecule has 2 aromatic carbocycles. The van der Waals surface area contributed by atoms with Crippen molar-refractivity contribution in [2.24, 2.45) is 5.92 Å². The molecule has 176 valence electrons. The molecule has 1 N–H and O–H groups in total. The molecule has 34 heavy (non-hydrogen) atoms. The number of carbonyl (C=O) groups excluding carboxylic acids is 2. The molecule has 5 heteroatoms. The van der Waals surface area contributed by atoms with E-state index >= 15 is 0 Å². The van der Waals surface area contributed by atoms with Crippen LogP contribution in [0.3, 0.4) is 0 Å². The predicted octanol–water partition coefficient (Wildman–Crippen LogP) is 5.31. The summed E-state index contributed by atoms with van der Waals surface area (Å²) in [4.78, 5) is 25.6. The molecule has 1 fully saturated rings. The first-order valence-electron chi connectivity index (χ1n) is 12.3. The summed E-state index contributed by atoms with van der Waals surface area (Å²) in [6.45, 7) is 4.64. The molecule has 0 bridgehead atoms. The lowest BCUT2D eigenvalue weighted by molar-refractivity contribution is -0.112. The van der Waals surface area contributed by atoms with E-state index in [1.807, 2.05) is 30.3 Å². The summed E-state index contributed by atoms with van der Waals surface area (Å²) < 4.78 is 0. The van der Waals surface area contributed by atoms with Crippen LogP contribution in [0.2, 0.25) is 0 Å². The second-order valence-corrected chi connectivity index (χ2v) is 9.66. The third kappa shape index (κ3) is 6.42. The number of ketones is 2. The molecular formula is C29H33N3O2. The Hall–Kier alpha value is -3.23. The maximum absolute atomic E-state index is 12.1. The van der Waals surface area contributed by atoms with Gasteiger partial charge in [-0.15, -0.1) is 0 Å². The number of nitriles is 1. The lowest BCUT2D eigenvalue weighted by Crippen LogP contribution is -2.33. The van der Waals surface area contributed by atoms with Gasteiger partial charge in [-0.05, 0) is 118 Å². The van der Waals surface area contributed by atoms with Crippen LogP contribution in [0.4, 0.5) is 5.69 Å². The minimum absolute atomic E-state index is 0.127. The average molecular weight is 456 g/mol. The van der Waals surface area contributed by atoms with Crippen LogP contribution in [0, 0.1) is 17.2 Å². The van der Waals surface area contributed by atoms with E-state index in [4.69, 9.17) is 5.26 Å². The second kappa shape index (κ2) is 11.3. The number of allylic oxidation sites excluding steroid dienone is 2. The van der Waals surface area contributed by atoms with Crippen LogP contribution in [-0.2, 0) is 17.8 Å². The van der Waals surface area contributed by atoms with Crippen molar-refractivity contribution in [3.8, 4) is 6.07 Å². The molecule has 0 unspecified atom stereocenters. The first-order chi connectivity index (χ1) is 16.5. The van der Waals surface area contributed by atoms with Crippen LogP contribution in [0.15, 0.2) is 54.6 Å². The van der Waals surface area contributed by atoms with Crippen molar-refractivity contribution in [2.75, 3.05) is 18.4 Å². The van der Waals surface area contributed by atoms with Gasteiger partial charge in [0.2, 0.25) is 0 Å². The number of carbonyl (C=O) groups is 2. The highest BCUT2D eigenvalue weighted by Crippen LogP contribution is 2.30. The zero-order chi connectivity index (χ0) is 23.9. The number of rotatable bonds is 8. The van der Waals surface area contributed by atoms with Crippen LogP contribution in [0.25, 0.3) is 0 Å². The van der Waals surface area contributed by atoms with Crippen LogP contribution in [0.1, 0.15) is 66.1 Å². The van der Waals surface area contributed by atoms with Crippen molar-refractivity contribution >= 4 is 17.3 Å². The molecule has 1 aliphatic heterocycles. The number of anilines is 1. The molecule has 2 aromatic rings. The van der Waals surface area contributed by atoms with Gasteiger partial charge in [-0.25, -0.2) is 0 Å². The Kier molecular flexibility index (Phi) is 7.92. The van der Waals surface area contributed by atoms with Gasteiger partial charge in [0.25, 0.3) is 0 Å². The summed E-state index contributed by atoms with van der Waals surface area (Å²) in [7, 11) is 0. The molecule has 2 aliphatic rings. The van der Waals surface area contributed by atoms with Gasteiger partial charge in [0.15, 0.2) is 11.6 Å². The first-order valence-corrected chi connectivity index (χ1v) is 12.3. The monoisotopic (exact) mass is 455 g/mol. The quantitative estimate of drug-likeness (QED) is 0.432. The number of fused-ring (bicyclic) bond motifs is 1. The lowest BCUT2D eigenvalue weighted by atomic mass is 9.83. The van der Waals surface area contributed by atoms with Gasteiger partial charge in [0.1, 0.15) is 0 Å². The summed E-state index contributed by atoms with van der Waals surface area (Å²) in [6.07, 6.45) is 9.78. The maximum atomic E-state index is 12.1. The molecule has 0 atom stereocenters. The molecule has 0 aromatic heterocycles. The topological polar surface area (TPSA) is 73.2 Å². The number of nitrogens with zero attached hydrogens (tertiary/aromatic N) is 2. The van der Waals surface area contributed by atoms with Crippen LogP contribution < -0.4 is 5.32 Å². The molecule has 1 aliphatic carbocycles. The van der Waals surface area contributed by atoms with E-state index in [1.54, 1.807) is 0 Å². The predicted molar refractivity (Wildman–Crippen MR) is 135 cm³/mol. The Morgan fingerprint density at radius 2 is 1.82 bits per heavy atom. The van der Waals surface area contributed by atoms with E-state index in [2.05, 4.69) is 28.4 Å². The van der Waals surface area contributed by atoms with Crippen molar-refractivity contribution in [3.63, 3.8) is 0 Å². The number of hydrogen-bond acceptors (Lipinski definition) is 5. The standard InChI is InChI=1S/C29H33N3O2/c1-21(33)2-13-29(34)25-7-11-28(12-8-25)31-27-9-4-22(5-10-27)14-16-32-17-15-24-6-3-23(19-30)18-26(24)20-32/h2-3,6-8,11-13,18,22,27,31H,4-5,9-10,14-17,20H2,1H3/b13-2+. The van der Waals surface area contributed by atoms with E-state index in [9.17, 15) is 9.59 Å². The molecule has 0 radical (unpaired) electrons. The van der Waals surface area contributed by atoms with Crippen molar-refractivity contribution in [1.29, 1.82) is 5.26 Å². The van der Waals surface area contributed by atoms with Crippen molar-refractivity contribution < 1.29 is 9.59 Å². The third-order valence-corrected chi connectivity index (χ3v) is 7.14. The molecular weight excluding hydrogens is 422 g/mol. The fraction of sp³-hybridized carbons (Fsp3) is 0.414. The number of hydrogen-bond donors (Lipinski definition) is 1. The van der Waals surface area contributed by atoms with E-state index in [1.165, 1.54) is 62.3 Å². The van der Waals surface area contributed by atoms with Crippen LogP contribution in [-0.4, -0.2) is 35.6 Å². The minimum Gasteiger partial charge on any atom is -0.382 e. The zero-order valence-electron chi connectivity index (χ0n) is 19.9. The van der Waals surface area contributed by atoms with Gasteiger partial charge in [-0.2, -0.15) is 5.26 Å². The molecule has 0 saturated heterocycles.